The van der Waals surface area contributed by atoms with Crippen molar-refractivity contribution in [3.8, 4) is 5.75 Å². The van der Waals surface area contributed by atoms with Gasteiger partial charge in [-0.05, 0) is 32.4 Å². The Bertz CT molecular complexity index is 447. The Morgan fingerprint density at radius 1 is 1.40 bits per heavy atom. The smallest absolute Gasteiger partial charge is 0.309 e. The van der Waals surface area contributed by atoms with Gasteiger partial charge < -0.3 is 9.47 Å². The average molecular weight is 277 g/mol. The molecule has 0 unspecified atom stereocenters. The third-order valence-electron chi connectivity index (χ3n) is 3.71. The predicted molar refractivity (Wildman–Crippen MR) is 77.6 cm³/mol. The molecule has 1 aromatic carbocycles. The van der Waals surface area contributed by atoms with Crippen molar-refractivity contribution in [2.75, 3.05) is 26.8 Å². The summed E-state index contributed by atoms with van der Waals surface area (Å²) in [6, 6.07) is 8.11. The van der Waals surface area contributed by atoms with Crippen LogP contribution in [-0.4, -0.2) is 37.7 Å². The van der Waals surface area contributed by atoms with Crippen molar-refractivity contribution >= 4 is 5.97 Å². The van der Waals surface area contributed by atoms with Crippen molar-refractivity contribution in [2.45, 2.75) is 26.3 Å². The highest BCUT2D eigenvalue weighted by Crippen LogP contribution is 2.24. The predicted octanol–water partition coefficient (Wildman–Crippen LogP) is 2.47. The Labute approximate surface area is 120 Å². The zero-order valence-corrected chi connectivity index (χ0v) is 12.3. The lowest BCUT2D eigenvalue weighted by Gasteiger charge is -2.31. The molecule has 4 heteroatoms. The fraction of sp³-hybridized carbons (Fsp3) is 0.562. The Morgan fingerprint density at radius 2 is 2.20 bits per heavy atom. The van der Waals surface area contributed by atoms with Crippen LogP contribution in [0.4, 0.5) is 0 Å². The molecule has 1 saturated heterocycles. The number of esters is 1. The highest BCUT2D eigenvalue weighted by molar-refractivity contribution is 5.72. The van der Waals surface area contributed by atoms with Crippen LogP contribution < -0.4 is 4.74 Å². The first kappa shape index (κ1) is 14.9. The van der Waals surface area contributed by atoms with Crippen LogP contribution in [0.15, 0.2) is 24.3 Å². The molecular weight excluding hydrogens is 254 g/mol. The molecule has 0 amide bonds. The minimum absolute atomic E-state index is 0.00741. The first-order valence-corrected chi connectivity index (χ1v) is 7.25. The monoisotopic (exact) mass is 277 g/mol. The third-order valence-corrected chi connectivity index (χ3v) is 3.71. The Hall–Kier alpha value is -1.55. The van der Waals surface area contributed by atoms with Crippen LogP contribution in [0.1, 0.15) is 25.3 Å². The largest absolute Gasteiger partial charge is 0.494 e. The van der Waals surface area contributed by atoms with Crippen LogP contribution >= 0.6 is 0 Å². The maximum Gasteiger partial charge on any atom is 0.309 e. The van der Waals surface area contributed by atoms with E-state index >= 15 is 0 Å². The zero-order chi connectivity index (χ0) is 14.4. The van der Waals surface area contributed by atoms with Crippen LogP contribution in [0.3, 0.4) is 0 Å². The number of ether oxygens (including phenoxy) is 2. The standard InChI is InChI=1S/C16H23NO3/c1-3-20-15-9-5-4-7-13(15)11-17-10-6-8-14(12-17)16(18)19-2/h4-5,7,9,14H,3,6,8,10-12H2,1-2H3/t14-/m0/s1. The Balaban J connectivity index is 2.00. The quantitative estimate of drug-likeness (QED) is 0.775. The number of piperidine rings is 1. The molecule has 0 spiro atoms. The van der Waals surface area contributed by atoms with Crippen LogP contribution in [0, 0.1) is 5.92 Å². The molecule has 0 aromatic heterocycles. The van der Waals surface area contributed by atoms with Gasteiger partial charge in [0.25, 0.3) is 0 Å². The molecule has 1 aliphatic heterocycles. The fourth-order valence-corrected chi connectivity index (χ4v) is 2.73. The molecular formula is C16H23NO3. The molecule has 1 atom stereocenters. The molecule has 20 heavy (non-hydrogen) atoms. The van der Waals surface area contributed by atoms with Gasteiger partial charge in [0.2, 0.25) is 0 Å². The lowest BCUT2D eigenvalue weighted by Crippen LogP contribution is -2.38. The Kier molecular flexibility index (Phi) is 5.41. The van der Waals surface area contributed by atoms with E-state index in [1.54, 1.807) is 0 Å². The van der Waals surface area contributed by atoms with E-state index in [0.717, 1.165) is 38.2 Å². The topological polar surface area (TPSA) is 38.8 Å². The van der Waals surface area contributed by atoms with Gasteiger partial charge in [-0.15, -0.1) is 0 Å². The normalized spacial score (nSPS) is 19.6. The maximum atomic E-state index is 11.7. The Morgan fingerprint density at radius 3 is 2.95 bits per heavy atom. The van der Waals surface area contributed by atoms with Gasteiger partial charge in [-0.25, -0.2) is 0 Å². The highest BCUT2D eigenvalue weighted by atomic mass is 16.5. The van der Waals surface area contributed by atoms with E-state index in [4.69, 9.17) is 9.47 Å². The molecule has 0 saturated carbocycles. The van der Waals surface area contributed by atoms with Crippen LogP contribution in [0.25, 0.3) is 0 Å². The number of rotatable bonds is 5. The minimum atomic E-state index is -0.0900. The molecule has 1 heterocycles. The van der Waals surface area contributed by atoms with Gasteiger partial charge in [-0.3, -0.25) is 9.69 Å². The van der Waals surface area contributed by atoms with E-state index in [1.165, 1.54) is 12.7 Å². The number of carbonyl (C=O) groups is 1. The SMILES string of the molecule is CCOc1ccccc1CN1CCC[C@H](C(=O)OC)C1. The van der Waals surface area contributed by atoms with Gasteiger partial charge in [0.15, 0.2) is 0 Å². The van der Waals surface area contributed by atoms with Crippen LogP contribution in [-0.2, 0) is 16.1 Å². The van der Waals surface area contributed by atoms with E-state index in [0.29, 0.717) is 6.61 Å². The second-order valence-corrected chi connectivity index (χ2v) is 5.14. The summed E-state index contributed by atoms with van der Waals surface area (Å²) in [5.41, 5.74) is 1.18. The van der Waals surface area contributed by atoms with Gasteiger partial charge in [-0.1, -0.05) is 18.2 Å². The molecule has 2 rings (SSSR count). The number of nitrogens with zero attached hydrogens (tertiary/aromatic N) is 1. The molecule has 0 radical (unpaired) electrons. The summed E-state index contributed by atoms with van der Waals surface area (Å²) in [7, 11) is 1.46. The third kappa shape index (κ3) is 3.73. The van der Waals surface area contributed by atoms with Crippen molar-refractivity contribution in [3.63, 3.8) is 0 Å². The van der Waals surface area contributed by atoms with Crippen molar-refractivity contribution in [1.29, 1.82) is 0 Å². The lowest BCUT2D eigenvalue weighted by molar-refractivity contribution is -0.147. The highest BCUT2D eigenvalue weighted by Gasteiger charge is 2.26. The molecule has 0 aliphatic carbocycles. The van der Waals surface area contributed by atoms with E-state index in [1.807, 2.05) is 25.1 Å². The summed E-state index contributed by atoms with van der Waals surface area (Å²) >= 11 is 0. The first-order chi connectivity index (χ1) is 9.74. The van der Waals surface area contributed by atoms with Gasteiger partial charge in [-0.2, -0.15) is 0 Å². The van der Waals surface area contributed by atoms with Gasteiger partial charge >= 0.3 is 5.97 Å². The summed E-state index contributed by atoms with van der Waals surface area (Å²) in [6.45, 7) is 5.28. The van der Waals surface area contributed by atoms with Gasteiger partial charge in [0.1, 0.15) is 5.75 Å². The number of hydrogen-bond acceptors (Lipinski definition) is 4. The molecule has 0 bridgehead atoms. The minimum Gasteiger partial charge on any atom is -0.494 e. The second kappa shape index (κ2) is 7.29. The summed E-state index contributed by atoms with van der Waals surface area (Å²) in [5, 5.41) is 0. The second-order valence-electron chi connectivity index (χ2n) is 5.14. The van der Waals surface area contributed by atoms with Crippen LogP contribution in [0.5, 0.6) is 5.75 Å². The van der Waals surface area contributed by atoms with Crippen LogP contribution in [0.2, 0.25) is 0 Å². The molecule has 4 nitrogen and oxygen atoms in total. The summed E-state index contributed by atoms with van der Waals surface area (Å²) in [4.78, 5) is 14.0. The van der Waals surface area contributed by atoms with E-state index in [-0.39, 0.29) is 11.9 Å². The van der Waals surface area contributed by atoms with Crippen molar-refractivity contribution in [2.24, 2.45) is 5.92 Å². The average Bonchev–Trinajstić information content (AvgIpc) is 2.49. The van der Waals surface area contributed by atoms with Crippen molar-refractivity contribution in [1.82, 2.24) is 4.90 Å². The molecule has 1 aromatic rings. The summed E-state index contributed by atoms with van der Waals surface area (Å²) in [5.74, 6) is 0.857. The number of methoxy groups -OCH3 is 1. The van der Waals surface area contributed by atoms with E-state index in [2.05, 4.69) is 11.0 Å². The molecule has 1 aliphatic rings. The number of likely N-dealkylation sites (tertiary alicyclic amines) is 1. The van der Waals surface area contributed by atoms with Gasteiger partial charge in [0, 0.05) is 18.7 Å². The number of hydrogen-bond donors (Lipinski definition) is 0. The molecule has 0 N–H and O–H groups in total. The molecule has 1 fully saturated rings. The summed E-state index contributed by atoms with van der Waals surface area (Å²) < 4.78 is 10.5. The van der Waals surface area contributed by atoms with E-state index < -0.39 is 0 Å². The number of carbonyl (C=O) groups excluding carboxylic acids is 1. The first-order valence-electron chi connectivity index (χ1n) is 7.25. The zero-order valence-electron chi connectivity index (χ0n) is 12.3. The summed E-state index contributed by atoms with van der Waals surface area (Å²) in [6.07, 6.45) is 1.97. The van der Waals surface area contributed by atoms with E-state index in [9.17, 15) is 4.79 Å². The fourth-order valence-electron chi connectivity index (χ4n) is 2.73. The van der Waals surface area contributed by atoms with Crippen molar-refractivity contribution < 1.29 is 14.3 Å². The number of para-hydroxylation sites is 1. The maximum absolute atomic E-state index is 11.7. The molecule has 110 valence electrons. The van der Waals surface area contributed by atoms with Crippen molar-refractivity contribution in [3.05, 3.63) is 29.8 Å². The number of benzene rings is 1. The lowest BCUT2D eigenvalue weighted by atomic mass is 9.97. The van der Waals surface area contributed by atoms with Gasteiger partial charge in [0.05, 0.1) is 19.6 Å².